The predicted octanol–water partition coefficient (Wildman–Crippen LogP) is 2.44. The van der Waals surface area contributed by atoms with Gasteiger partial charge in [0, 0.05) is 6.20 Å². The standard InChI is InChI=1S/C16H16N2O4/c1-10-6-4-8-12(13(10)16(20)22-3)18-14(19)11-7-5-9-17-15(11)21-2/h4-9H,1-3H3,(H,18,19). The van der Waals surface area contributed by atoms with Crippen LogP contribution in [0.2, 0.25) is 0 Å². The molecule has 0 aliphatic carbocycles. The molecule has 6 nitrogen and oxygen atoms in total. The highest BCUT2D eigenvalue weighted by atomic mass is 16.5. The SMILES string of the molecule is COC(=O)c1c(C)cccc1NC(=O)c1cccnc1OC. The third kappa shape index (κ3) is 3.06. The average molecular weight is 300 g/mol. The van der Waals surface area contributed by atoms with Crippen molar-refractivity contribution in [3.8, 4) is 5.88 Å². The Kier molecular flexibility index (Phi) is 4.73. The third-order valence-electron chi connectivity index (χ3n) is 3.12. The van der Waals surface area contributed by atoms with Crippen molar-refractivity contribution in [1.82, 2.24) is 4.98 Å². The van der Waals surface area contributed by atoms with Gasteiger partial charge in [-0.1, -0.05) is 12.1 Å². The molecule has 2 rings (SSSR count). The van der Waals surface area contributed by atoms with Crippen molar-refractivity contribution in [3.05, 3.63) is 53.2 Å². The molecule has 114 valence electrons. The number of pyridine rings is 1. The second-order valence-corrected chi connectivity index (χ2v) is 4.50. The molecule has 0 unspecified atom stereocenters. The Balaban J connectivity index is 2.37. The predicted molar refractivity (Wildman–Crippen MR) is 81.3 cm³/mol. The Bertz CT molecular complexity index is 713. The fourth-order valence-electron chi connectivity index (χ4n) is 2.06. The summed E-state index contributed by atoms with van der Waals surface area (Å²) in [4.78, 5) is 28.2. The van der Waals surface area contributed by atoms with Crippen molar-refractivity contribution in [2.24, 2.45) is 0 Å². The summed E-state index contributed by atoms with van der Waals surface area (Å²) in [6.07, 6.45) is 1.53. The molecule has 0 saturated carbocycles. The van der Waals surface area contributed by atoms with E-state index in [4.69, 9.17) is 9.47 Å². The molecular formula is C16H16N2O4. The summed E-state index contributed by atoms with van der Waals surface area (Å²) >= 11 is 0. The van der Waals surface area contributed by atoms with Crippen molar-refractivity contribution in [2.45, 2.75) is 6.92 Å². The first kappa shape index (κ1) is 15.5. The molecule has 0 bridgehead atoms. The van der Waals surface area contributed by atoms with E-state index in [9.17, 15) is 9.59 Å². The van der Waals surface area contributed by atoms with Crippen LogP contribution in [0.4, 0.5) is 5.69 Å². The molecule has 1 aromatic heterocycles. The fraction of sp³-hybridized carbons (Fsp3) is 0.188. The number of aryl methyl sites for hydroxylation is 1. The first-order valence-corrected chi connectivity index (χ1v) is 6.56. The fourth-order valence-corrected chi connectivity index (χ4v) is 2.06. The van der Waals surface area contributed by atoms with Gasteiger partial charge in [-0.05, 0) is 30.7 Å². The molecule has 22 heavy (non-hydrogen) atoms. The lowest BCUT2D eigenvalue weighted by Gasteiger charge is -2.13. The molecule has 6 heteroatoms. The van der Waals surface area contributed by atoms with Crippen LogP contribution < -0.4 is 10.1 Å². The number of carbonyl (C=O) groups is 2. The van der Waals surface area contributed by atoms with E-state index in [1.54, 1.807) is 37.3 Å². The summed E-state index contributed by atoms with van der Waals surface area (Å²) in [5, 5.41) is 2.70. The number of ether oxygens (including phenoxy) is 2. The van der Waals surface area contributed by atoms with Gasteiger partial charge in [0.05, 0.1) is 25.5 Å². The summed E-state index contributed by atoms with van der Waals surface area (Å²) < 4.78 is 9.83. The number of rotatable bonds is 4. The second kappa shape index (κ2) is 6.71. The molecule has 1 N–H and O–H groups in total. The summed E-state index contributed by atoms with van der Waals surface area (Å²) in [7, 11) is 2.73. The van der Waals surface area contributed by atoms with Crippen molar-refractivity contribution in [3.63, 3.8) is 0 Å². The number of aromatic nitrogens is 1. The zero-order valence-electron chi connectivity index (χ0n) is 12.5. The lowest BCUT2D eigenvalue weighted by atomic mass is 10.1. The lowest BCUT2D eigenvalue weighted by Crippen LogP contribution is -2.17. The largest absolute Gasteiger partial charge is 0.480 e. The quantitative estimate of drug-likeness (QED) is 0.877. The molecule has 1 amide bonds. The monoisotopic (exact) mass is 300 g/mol. The van der Waals surface area contributed by atoms with Gasteiger partial charge in [-0.25, -0.2) is 9.78 Å². The summed E-state index contributed by atoms with van der Waals surface area (Å²) in [6, 6.07) is 8.38. The van der Waals surface area contributed by atoms with E-state index < -0.39 is 11.9 Å². The van der Waals surface area contributed by atoms with E-state index in [-0.39, 0.29) is 11.4 Å². The van der Waals surface area contributed by atoms with E-state index >= 15 is 0 Å². The van der Waals surface area contributed by atoms with Gasteiger partial charge in [0.1, 0.15) is 5.56 Å². The number of anilines is 1. The number of esters is 1. The number of methoxy groups -OCH3 is 2. The Morgan fingerprint density at radius 1 is 1.14 bits per heavy atom. The Morgan fingerprint density at radius 2 is 1.91 bits per heavy atom. The third-order valence-corrected chi connectivity index (χ3v) is 3.12. The zero-order chi connectivity index (χ0) is 16.1. The Morgan fingerprint density at radius 3 is 2.59 bits per heavy atom. The summed E-state index contributed by atoms with van der Waals surface area (Å²) in [5.41, 5.74) is 1.69. The van der Waals surface area contributed by atoms with Gasteiger partial charge in [-0.2, -0.15) is 0 Å². The van der Waals surface area contributed by atoms with Gasteiger partial charge in [0.25, 0.3) is 5.91 Å². The number of amides is 1. The number of nitrogens with zero attached hydrogens (tertiary/aromatic N) is 1. The highest BCUT2D eigenvalue weighted by molar-refractivity contribution is 6.09. The maximum atomic E-state index is 12.4. The van der Waals surface area contributed by atoms with Crippen LogP contribution in [-0.4, -0.2) is 31.1 Å². The molecule has 0 spiro atoms. The van der Waals surface area contributed by atoms with Crippen LogP contribution in [0.25, 0.3) is 0 Å². The normalized spacial score (nSPS) is 9.95. The van der Waals surface area contributed by atoms with Crippen LogP contribution in [0.15, 0.2) is 36.5 Å². The Hall–Kier alpha value is -2.89. The topological polar surface area (TPSA) is 77.5 Å². The molecule has 0 aliphatic heterocycles. The molecule has 0 aliphatic rings. The minimum Gasteiger partial charge on any atom is -0.480 e. The van der Waals surface area contributed by atoms with Gasteiger partial charge in [0.2, 0.25) is 5.88 Å². The van der Waals surface area contributed by atoms with Crippen LogP contribution in [0, 0.1) is 6.92 Å². The van der Waals surface area contributed by atoms with E-state index in [1.165, 1.54) is 20.4 Å². The van der Waals surface area contributed by atoms with Gasteiger partial charge in [0.15, 0.2) is 0 Å². The molecule has 1 aromatic carbocycles. The van der Waals surface area contributed by atoms with Crippen molar-refractivity contribution < 1.29 is 19.1 Å². The van der Waals surface area contributed by atoms with Crippen molar-refractivity contribution in [2.75, 3.05) is 19.5 Å². The lowest BCUT2D eigenvalue weighted by molar-refractivity contribution is 0.0601. The van der Waals surface area contributed by atoms with E-state index in [2.05, 4.69) is 10.3 Å². The van der Waals surface area contributed by atoms with Crippen LogP contribution in [0.1, 0.15) is 26.3 Å². The number of hydrogen-bond donors (Lipinski definition) is 1. The van der Waals surface area contributed by atoms with Gasteiger partial charge >= 0.3 is 5.97 Å². The number of nitrogens with one attached hydrogen (secondary N) is 1. The number of benzene rings is 1. The second-order valence-electron chi connectivity index (χ2n) is 4.50. The van der Waals surface area contributed by atoms with Crippen LogP contribution in [-0.2, 0) is 4.74 Å². The highest BCUT2D eigenvalue weighted by Crippen LogP contribution is 2.22. The minimum atomic E-state index is -0.508. The van der Waals surface area contributed by atoms with Gasteiger partial charge in [-0.15, -0.1) is 0 Å². The molecule has 2 aromatic rings. The molecule has 0 fully saturated rings. The van der Waals surface area contributed by atoms with E-state index in [1.807, 2.05) is 0 Å². The zero-order valence-corrected chi connectivity index (χ0v) is 12.5. The summed E-state index contributed by atoms with van der Waals surface area (Å²) in [6.45, 7) is 1.77. The first-order chi connectivity index (χ1) is 10.6. The first-order valence-electron chi connectivity index (χ1n) is 6.56. The molecular weight excluding hydrogens is 284 g/mol. The van der Waals surface area contributed by atoms with Crippen LogP contribution in [0.3, 0.4) is 0 Å². The van der Waals surface area contributed by atoms with E-state index in [0.29, 0.717) is 16.8 Å². The summed E-state index contributed by atoms with van der Waals surface area (Å²) in [5.74, 6) is -0.709. The van der Waals surface area contributed by atoms with E-state index in [0.717, 1.165) is 0 Å². The average Bonchev–Trinajstić information content (AvgIpc) is 2.54. The maximum Gasteiger partial charge on any atom is 0.340 e. The highest BCUT2D eigenvalue weighted by Gasteiger charge is 2.19. The molecule has 1 heterocycles. The Labute approximate surface area is 128 Å². The van der Waals surface area contributed by atoms with Crippen molar-refractivity contribution in [1.29, 1.82) is 0 Å². The molecule has 0 radical (unpaired) electrons. The molecule has 0 atom stereocenters. The minimum absolute atomic E-state index is 0.215. The van der Waals surface area contributed by atoms with Crippen molar-refractivity contribution >= 4 is 17.6 Å². The van der Waals surface area contributed by atoms with Crippen LogP contribution >= 0.6 is 0 Å². The smallest absolute Gasteiger partial charge is 0.340 e. The van der Waals surface area contributed by atoms with Crippen LogP contribution in [0.5, 0.6) is 5.88 Å². The number of hydrogen-bond acceptors (Lipinski definition) is 5. The number of carbonyl (C=O) groups excluding carboxylic acids is 2. The maximum absolute atomic E-state index is 12.4. The van der Waals surface area contributed by atoms with Gasteiger partial charge < -0.3 is 14.8 Å². The molecule has 0 saturated heterocycles. The van der Waals surface area contributed by atoms with Gasteiger partial charge in [-0.3, -0.25) is 4.79 Å².